The number of ether oxygens (including phenoxy) is 2. The van der Waals surface area contributed by atoms with Gasteiger partial charge in [0.1, 0.15) is 17.0 Å². The first kappa shape index (κ1) is 30.4. The molecule has 0 aliphatic carbocycles. The van der Waals surface area contributed by atoms with Gasteiger partial charge < -0.3 is 19.9 Å². The number of rotatable bonds is 8. The number of hydrogen-bond acceptors (Lipinski definition) is 5. The molecule has 4 aromatic rings. The van der Waals surface area contributed by atoms with E-state index in [9.17, 15) is 19.5 Å². The normalized spacial score (nSPS) is 21.0. The zero-order valence-corrected chi connectivity index (χ0v) is 25.4. The first-order valence-corrected chi connectivity index (χ1v) is 14.4. The van der Waals surface area contributed by atoms with Crippen LogP contribution in [0.1, 0.15) is 51.5 Å². The van der Waals surface area contributed by atoms with Crippen molar-refractivity contribution in [2.24, 2.45) is 5.92 Å². The van der Waals surface area contributed by atoms with Gasteiger partial charge in [0.25, 0.3) is 0 Å². The summed E-state index contributed by atoms with van der Waals surface area (Å²) < 4.78 is 10.7. The lowest BCUT2D eigenvalue weighted by Gasteiger charge is -2.37. The first-order chi connectivity index (χ1) is 21.1. The summed E-state index contributed by atoms with van der Waals surface area (Å²) in [4.78, 5) is 43.8. The molecule has 226 valence electrons. The number of aryl methyl sites for hydroxylation is 2. The van der Waals surface area contributed by atoms with Gasteiger partial charge in [-0.15, -0.1) is 0 Å². The number of benzene rings is 4. The minimum Gasteiger partial charge on any atom is -0.497 e. The summed E-state index contributed by atoms with van der Waals surface area (Å²) >= 11 is 0. The van der Waals surface area contributed by atoms with Gasteiger partial charge in [-0.3, -0.25) is 9.69 Å². The van der Waals surface area contributed by atoms with E-state index in [-0.39, 0.29) is 5.78 Å². The molecule has 5 rings (SSSR count). The number of amides is 2. The molecule has 4 aromatic carbocycles. The Bertz CT molecular complexity index is 1650. The van der Waals surface area contributed by atoms with E-state index in [1.807, 2.05) is 50.2 Å². The Balaban J connectivity index is 1.75. The molecule has 0 radical (unpaired) electrons. The highest BCUT2D eigenvalue weighted by molar-refractivity contribution is 6.03. The number of methoxy groups -OCH3 is 2. The maximum absolute atomic E-state index is 14.7. The second-order valence-electron chi connectivity index (χ2n) is 11.3. The van der Waals surface area contributed by atoms with Gasteiger partial charge in [0.2, 0.25) is 0 Å². The SMILES string of the molecule is COc1ccc(C(=O)C2C(c3ccc(C)cc3)N(C(=O)Nc3ccc(C)cc3)C(C)(C(=O)O)C2c2ccc(OC)cc2)cc1. The lowest BCUT2D eigenvalue weighted by Crippen LogP contribution is -2.55. The van der Waals surface area contributed by atoms with Crippen molar-refractivity contribution in [3.05, 3.63) is 125 Å². The number of carbonyl (C=O) groups is 3. The van der Waals surface area contributed by atoms with Gasteiger partial charge >= 0.3 is 12.0 Å². The summed E-state index contributed by atoms with van der Waals surface area (Å²) in [6.07, 6.45) is 0. The molecule has 8 nitrogen and oxygen atoms in total. The van der Waals surface area contributed by atoms with Gasteiger partial charge in [-0.1, -0.05) is 59.7 Å². The molecule has 1 aliphatic rings. The highest BCUT2D eigenvalue weighted by atomic mass is 16.5. The molecule has 4 atom stereocenters. The fourth-order valence-corrected chi connectivity index (χ4v) is 6.23. The third kappa shape index (κ3) is 5.51. The number of likely N-dealkylation sites (tertiary alicyclic amines) is 1. The van der Waals surface area contributed by atoms with Crippen molar-refractivity contribution >= 4 is 23.5 Å². The van der Waals surface area contributed by atoms with Crippen LogP contribution in [0, 0.1) is 19.8 Å². The second kappa shape index (κ2) is 12.2. The average Bonchev–Trinajstić information content (AvgIpc) is 3.32. The summed E-state index contributed by atoms with van der Waals surface area (Å²) in [5.74, 6) is -2.20. The van der Waals surface area contributed by atoms with Crippen LogP contribution in [-0.4, -0.2) is 47.5 Å². The molecule has 0 aromatic heterocycles. The van der Waals surface area contributed by atoms with Crippen molar-refractivity contribution in [2.75, 3.05) is 19.5 Å². The number of nitrogens with one attached hydrogen (secondary N) is 1. The number of aliphatic carboxylic acids is 1. The zero-order chi connectivity index (χ0) is 31.6. The predicted octanol–water partition coefficient (Wildman–Crippen LogP) is 7.04. The molecular weight excluding hydrogens is 556 g/mol. The van der Waals surface area contributed by atoms with Crippen LogP contribution in [0.5, 0.6) is 11.5 Å². The Morgan fingerprint density at radius 2 is 1.20 bits per heavy atom. The number of urea groups is 1. The van der Waals surface area contributed by atoms with Crippen LogP contribution in [0.2, 0.25) is 0 Å². The molecule has 1 fully saturated rings. The van der Waals surface area contributed by atoms with E-state index in [1.165, 1.54) is 11.8 Å². The molecule has 2 N–H and O–H groups in total. The van der Waals surface area contributed by atoms with Crippen molar-refractivity contribution in [2.45, 2.75) is 38.3 Å². The summed E-state index contributed by atoms with van der Waals surface area (Å²) in [5, 5.41) is 13.9. The fourth-order valence-electron chi connectivity index (χ4n) is 6.23. The highest BCUT2D eigenvalue weighted by Gasteiger charge is 2.65. The Hall–Kier alpha value is -5.11. The first-order valence-electron chi connectivity index (χ1n) is 14.4. The lowest BCUT2D eigenvalue weighted by molar-refractivity contribution is -0.148. The monoisotopic (exact) mass is 592 g/mol. The van der Waals surface area contributed by atoms with Crippen molar-refractivity contribution in [3.8, 4) is 11.5 Å². The fraction of sp³-hybridized carbons (Fsp3) is 0.250. The van der Waals surface area contributed by atoms with Gasteiger partial charge in [0.15, 0.2) is 5.78 Å². The molecule has 4 unspecified atom stereocenters. The number of carbonyl (C=O) groups excluding carboxylic acids is 2. The van der Waals surface area contributed by atoms with E-state index >= 15 is 0 Å². The Morgan fingerprint density at radius 1 is 0.727 bits per heavy atom. The van der Waals surface area contributed by atoms with Gasteiger partial charge in [0.05, 0.1) is 26.2 Å². The van der Waals surface area contributed by atoms with Crippen LogP contribution in [0.3, 0.4) is 0 Å². The van der Waals surface area contributed by atoms with Gasteiger partial charge in [-0.2, -0.15) is 0 Å². The van der Waals surface area contributed by atoms with Gasteiger partial charge in [-0.25, -0.2) is 9.59 Å². The minimum atomic E-state index is -1.83. The summed E-state index contributed by atoms with van der Waals surface area (Å²) in [5.41, 5.74) is 2.35. The molecule has 1 heterocycles. The summed E-state index contributed by atoms with van der Waals surface area (Å²) in [6.45, 7) is 5.42. The molecule has 1 aliphatic heterocycles. The van der Waals surface area contributed by atoms with E-state index < -0.39 is 35.4 Å². The van der Waals surface area contributed by atoms with Gasteiger partial charge in [0, 0.05) is 17.2 Å². The zero-order valence-electron chi connectivity index (χ0n) is 25.4. The maximum atomic E-state index is 14.7. The topological polar surface area (TPSA) is 105 Å². The number of ketones is 1. The van der Waals surface area contributed by atoms with E-state index in [4.69, 9.17) is 9.47 Å². The van der Waals surface area contributed by atoms with Crippen LogP contribution in [-0.2, 0) is 4.79 Å². The molecule has 0 saturated carbocycles. The predicted molar refractivity (Wildman–Crippen MR) is 169 cm³/mol. The lowest BCUT2D eigenvalue weighted by atomic mass is 9.71. The number of carboxylic acids is 1. The quantitative estimate of drug-likeness (QED) is 0.213. The number of carboxylic acid groups (broad SMARTS) is 1. The van der Waals surface area contributed by atoms with Crippen molar-refractivity contribution in [1.82, 2.24) is 4.90 Å². The molecule has 2 amide bonds. The number of anilines is 1. The van der Waals surface area contributed by atoms with Crippen LogP contribution in [0.25, 0.3) is 0 Å². The molecule has 0 spiro atoms. The Kier molecular flexibility index (Phi) is 8.45. The number of Topliss-reactive ketones (excluding diaryl/α,β-unsaturated/α-hetero) is 1. The third-order valence-corrected chi connectivity index (χ3v) is 8.61. The Morgan fingerprint density at radius 3 is 1.70 bits per heavy atom. The van der Waals surface area contributed by atoms with Crippen LogP contribution < -0.4 is 14.8 Å². The molecule has 8 heteroatoms. The second-order valence-corrected chi connectivity index (χ2v) is 11.3. The van der Waals surface area contributed by atoms with Crippen molar-refractivity contribution in [1.29, 1.82) is 0 Å². The van der Waals surface area contributed by atoms with E-state index in [1.54, 1.807) is 74.9 Å². The van der Waals surface area contributed by atoms with Crippen LogP contribution in [0.15, 0.2) is 97.1 Å². The average molecular weight is 593 g/mol. The van der Waals surface area contributed by atoms with Crippen molar-refractivity contribution in [3.63, 3.8) is 0 Å². The van der Waals surface area contributed by atoms with Crippen LogP contribution >= 0.6 is 0 Å². The molecule has 0 bridgehead atoms. The highest BCUT2D eigenvalue weighted by Crippen LogP contribution is 2.57. The maximum Gasteiger partial charge on any atom is 0.330 e. The molecule has 44 heavy (non-hydrogen) atoms. The van der Waals surface area contributed by atoms with Crippen molar-refractivity contribution < 1.29 is 29.0 Å². The smallest absolute Gasteiger partial charge is 0.330 e. The van der Waals surface area contributed by atoms with Crippen LogP contribution in [0.4, 0.5) is 10.5 Å². The standard InChI is InChI=1S/C36H36N2O6/c1-22-6-10-25(11-7-22)32-30(33(39)26-14-20-29(44-5)21-15-26)31(24-12-18-28(43-4)19-13-24)36(3,34(40)41)38(32)35(42)37-27-16-8-23(2)9-17-27/h6-21,30-32H,1-5H3,(H,37,42)(H,40,41). The number of nitrogens with zero attached hydrogens (tertiary/aromatic N) is 1. The molecular formula is C36H36N2O6. The molecule has 1 saturated heterocycles. The minimum absolute atomic E-state index is 0.280. The largest absolute Gasteiger partial charge is 0.497 e. The van der Waals surface area contributed by atoms with E-state index in [2.05, 4.69) is 5.32 Å². The Labute approximate surface area is 257 Å². The van der Waals surface area contributed by atoms with Gasteiger partial charge in [-0.05, 0) is 80.4 Å². The summed E-state index contributed by atoms with van der Waals surface area (Å²) in [6, 6.07) is 27.0. The summed E-state index contributed by atoms with van der Waals surface area (Å²) in [7, 11) is 3.09. The van der Waals surface area contributed by atoms with E-state index in [0.717, 1.165) is 11.1 Å². The number of hydrogen-bond donors (Lipinski definition) is 2. The van der Waals surface area contributed by atoms with E-state index in [0.29, 0.717) is 33.9 Å². The third-order valence-electron chi connectivity index (χ3n) is 8.61.